The van der Waals surface area contributed by atoms with E-state index in [2.05, 4.69) is 27.1 Å². The first-order valence-corrected chi connectivity index (χ1v) is 8.31. The Balaban J connectivity index is 1.64. The van der Waals surface area contributed by atoms with Crippen molar-refractivity contribution < 1.29 is 13.9 Å². The average molecular weight is 359 g/mol. The van der Waals surface area contributed by atoms with Crippen molar-refractivity contribution >= 4 is 6.09 Å². The number of rotatable bonds is 2. The highest BCUT2D eigenvalue weighted by Crippen LogP contribution is 2.35. The van der Waals surface area contributed by atoms with Crippen molar-refractivity contribution in [3.05, 3.63) is 95.3 Å². The molecule has 1 saturated heterocycles. The molecule has 1 aliphatic heterocycles. The maximum Gasteiger partial charge on any atom is 0.408 e. The molecule has 1 N–H and O–H groups in total. The minimum Gasteiger partial charge on any atom is -0.439 e. The maximum atomic E-state index is 13.6. The van der Waals surface area contributed by atoms with Crippen LogP contribution < -0.4 is 5.32 Å². The first-order valence-electron chi connectivity index (χ1n) is 8.31. The van der Waals surface area contributed by atoms with Crippen LogP contribution in [0.3, 0.4) is 0 Å². The second-order valence-electron chi connectivity index (χ2n) is 5.95. The Hall–Kier alpha value is -3.72. The summed E-state index contributed by atoms with van der Waals surface area (Å²) in [5.41, 5.74) is 2.48. The van der Waals surface area contributed by atoms with Crippen LogP contribution in [-0.2, 0) is 4.74 Å². The van der Waals surface area contributed by atoms with Crippen LogP contribution in [0.5, 0.6) is 0 Å². The number of amides is 1. The number of hydrogen-bond donors (Lipinski definition) is 1. The van der Waals surface area contributed by atoms with Crippen LogP contribution in [0.1, 0.15) is 34.7 Å². The third-order valence-electron chi connectivity index (χ3n) is 4.10. The summed E-state index contributed by atoms with van der Waals surface area (Å²) < 4.78 is 18.9. The molecule has 6 heteroatoms. The number of hydrogen-bond acceptors (Lipinski definition) is 4. The van der Waals surface area contributed by atoms with Gasteiger partial charge in [-0.05, 0) is 41.8 Å². The van der Waals surface area contributed by atoms with Crippen LogP contribution in [0, 0.1) is 17.7 Å². The van der Waals surface area contributed by atoms with Crippen molar-refractivity contribution in [1.29, 1.82) is 0 Å². The lowest BCUT2D eigenvalue weighted by Crippen LogP contribution is -2.21. The van der Waals surface area contributed by atoms with Gasteiger partial charge in [-0.25, -0.2) is 19.2 Å². The van der Waals surface area contributed by atoms with E-state index >= 15 is 0 Å². The van der Waals surface area contributed by atoms with Gasteiger partial charge >= 0.3 is 6.09 Å². The molecule has 1 aromatic heterocycles. The highest BCUT2D eigenvalue weighted by molar-refractivity contribution is 5.71. The first-order chi connectivity index (χ1) is 13.2. The van der Waals surface area contributed by atoms with E-state index in [4.69, 9.17) is 4.74 Å². The largest absolute Gasteiger partial charge is 0.439 e. The van der Waals surface area contributed by atoms with Gasteiger partial charge in [-0.1, -0.05) is 36.3 Å². The van der Waals surface area contributed by atoms with E-state index in [1.54, 1.807) is 18.2 Å². The highest BCUT2D eigenvalue weighted by Gasteiger charge is 2.37. The number of carbonyl (C=O) groups excluding carboxylic acids is 1. The van der Waals surface area contributed by atoms with Crippen molar-refractivity contribution in [1.82, 2.24) is 15.3 Å². The van der Waals surface area contributed by atoms with E-state index in [-0.39, 0.29) is 0 Å². The first kappa shape index (κ1) is 16.7. The number of ether oxygens (including phenoxy) is 1. The predicted octanol–water partition coefficient (Wildman–Crippen LogP) is 3.54. The Morgan fingerprint density at radius 1 is 1.00 bits per heavy atom. The Morgan fingerprint density at radius 2 is 1.85 bits per heavy atom. The third-order valence-corrected chi connectivity index (χ3v) is 4.10. The van der Waals surface area contributed by atoms with Crippen molar-refractivity contribution in [2.24, 2.45) is 0 Å². The van der Waals surface area contributed by atoms with Gasteiger partial charge in [-0.15, -0.1) is 0 Å². The van der Waals surface area contributed by atoms with Crippen LogP contribution >= 0.6 is 0 Å². The van der Waals surface area contributed by atoms with Crippen molar-refractivity contribution in [3.8, 4) is 11.8 Å². The standard InChI is InChI=1S/C21H14FN3O2/c22-16-8-4-7-15(11-16)20-19(25-21(26)27-20)18-12-17(23-13-24-18)10-9-14-5-2-1-3-6-14/h1-8,11-13,19-20H,(H,25,26). The summed E-state index contributed by atoms with van der Waals surface area (Å²) in [6.07, 6.45) is 0.125. The molecule has 3 aromatic rings. The Bertz CT molecular complexity index is 1040. The Labute approximate surface area is 155 Å². The van der Waals surface area contributed by atoms with Gasteiger partial charge in [-0.3, -0.25) is 0 Å². The minimum absolute atomic E-state index is 0.397. The fourth-order valence-electron chi connectivity index (χ4n) is 2.86. The van der Waals surface area contributed by atoms with Crippen LogP contribution in [0.25, 0.3) is 0 Å². The van der Waals surface area contributed by atoms with Gasteiger partial charge in [0.15, 0.2) is 6.10 Å². The van der Waals surface area contributed by atoms with Gasteiger partial charge in [-0.2, -0.15) is 0 Å². The molecular formula is C21H14FN3O2. The van der Waals surface area contributed by atoms with E-state index in [0.29, 0.717) is 17.0 Å². The molecule has 1 fully saturated rings. The molecule has 5 nitrogen and oxygen atoms in total. The van der Waals surface area contributed by atoms with E-state index in [9.17, 15) is 9.18 Å². The lowest BCUT2D eigenvalue weighted by molar-refractivity contribution is 0.131. The fraction of sp³-hybridized carbons (Fsp3) is 0.0952. The number of alkyl carbamates (subject to hydrolysis) is 1. The van der Waals surface area contributed by atoms with E-state index in [0.717, 1.165) is 5.56 Å². The number of nitrogens with one attached hydrogen (secondary N) is 1. The third kappa shape index (κ3) is 3.77. The summed E-state index contributed by atoms with van der Waals surface area (Å²) in [6, 6.07) is 16.6. The molecule has 2 unspecified atom stereocenters. The number of halogens is 1. The van der Waals surface area contributed by atoms with Gasteiger partial charge in [0.1, 0.15) is 23.9 Å². The normalized spacial score (nSPS) is 18.2. The molecule has 0 aliphatic carbocycles. The number of carbonyl (C=O) groups is 1. The average Bonchev–Trinajstić information content (AvgIpc) is 3.09. The van der Waals surface area contributed by atoms with Gasteiger partial charge in [0.05, 0.1) is 5.69 Å². The molecule has 132 valence electrons. The summed E-state index contributed by atoms with van der Waals surface area (Å²) in [4.78, 5) is 20.2. The Morgan fingerprint density at radius 3 is 2.67 bits per heavy atom. The maximum absolute atomic E-state index is 13.6. The van der Waals surface area contributed by atoms with E-state index in [1.165, 1.54) is 18.5 Å². The van der Waals surface area contributed by atoms with Gasteiger partial charge in [0.25, 0.3) is 0 Å². The number of aromatic nitrogens is 2. The van der Waals surface area contributed by atoms with E-state index in [1.807, 2.05) is 30.3 Å². The zero-order valence-corrected chi connectivity index (χ0v) is 14.1. The SMILES string of the molecule is O=C1NC(c2cc(C#Cc3ccccc3)ncn2)C(c2cccc(F)c2)O1. The number of cyclic esters (lactones) is 1. The lowest BCUT2D eigenvalue weighted by Gasteiger charge is -2.16. The highest BCUT2D eigenvalue weighted by atomic mass is 19.1. The summed E-state index contributed by atoms with van der Waals surface area (Å²) in [5.74, 6) is 5.62. The molecule has 2 aromatic carbocycles. The predicted molar refractivity (Wildman–Crippen MR) is 96.0 cm³/mol. The quantitative estimate of drug-likeness (QED) is 0.711. The smallest absolute Gasteiger partial charge is 0.408 e. The van der Waals surface area contributed by atoms with Crippen molar-refractivity contribution in [3.63, 3.8) is 0 Å². The zero-order valence-electron chi connectivity index (χ0n) is 14.1. The van der Waals surface area contributed by atoms with Gasteiger partial charge < -0.3 is 10.1 Å². The lowest BCUT2D eigenvalue weighted by atomic mass is 10.00. The second-order valence-corrected chi connectivity index (χ2v) is 5.95. The summed E-state index contributed by atoms with van der Waals surface area (Å²) in [6.45, 7) is 0. The van der Waals surface area contributed by atoms with Gasteiger partial charge in [0.2, 0.25) is 0 Å². The summed E-state index contributed by atoms with van der Waals surface area (Å²) in [7, 11) is 0. The molecule has 27 heavy (non-hydrogen) atoms. The van der Waals surface area contributed by atoms with Crippen molar-refractivity contribution in [2.45, 2.75) is 12.1 Å². The fourth-order valence-corrected chi connectivity index (χ4v) is 2.86. The Kier molecular flexibility index (Phi) is 4.50. The molecule has 0 saturated carbocycles. The molecule has 2 heterocycles. The topological polar surface area (TPSA) is 64.1 Å². The zero-order chi connectivity index (χ0) is 18.6. The molecule has 1 amide bonds. The molecular weight excluding hydrogens is 345 g/mol. The molecule has 2 atom stereocenters. The van der Waals surface area contributed by atoms with Gasteiger partial charge in [0, 0.05) is 5.56 Å². The second kappa shape index (κ2) is 7.26. The monoisotopic (exact) mass is 359 g/mol. The minimum atomic E-state index is -0.682. The van der Waals surface area contributed by atoms with Crippen LogP contribution in [-0.4, -0.2) is 16.1 Å². The van der Waals surface area contributed by atoms with Crippen LogP contribution in [0.15, 0.2) is 67.0 Å². The van der Waals surface area contributed by atoms with E-state index < -0.39 is 24.1 Å². The van der Waals surface area contributed by atoms with Crippen molar-refractivity contribution in [2.75, 3.05) is 0 Å². The molecule has 0 radical (unpaired) electrons. The molecule has 1 aliphatic rings. The molecule has 0 bridgehead atoms. The van der Waals surface area contributed by atoms with Crippen LogP contribution in [0.4, 0.5) is 9.18 Å². The summed E-state index contributed by atoms with van der Waals surface area (Å²) in [5, 5.41) is 2.72. The number of benzene rings is 2. The summed E-state index contributed by atoms with van der Waals surface area (Å²) >= 11 is 0. The van der Waals surface area contributed by atoms with Crippen LogP contribution in [0.2, 0.25) is 0 Å². The molecule has 4 rings (SSSR count). The molecule has 0 spiro atoms. The number of nitrogens with zero attached hydrogens (tertiary/aromatic N) is 2.